The highest BCUT2D eigenvalue weighted by Gasteiger charge is 2.21. The van der Waals surface area contributed by atoms with Gasteiger partial charge in [0.1, 0.15) is 5.69 Å². The van der Waals surface area contributed by atoms with Gasteiger partial charge in [0, 0.05) is 25.8 Å². The zero-order valence-electron chi connectivity index (χ0n) is 15.7. The number of nitrogens with zero attached hydrogens (tertiary/aromatic N) is 2. The van der Waals surface area contributed by atoms with Gasteiger partial charge in [-0.3, -0.25) is 4.79 Å². The molecule has 0 saturated carbocycles. The fourth-order valence-electron chi connectivity index (χ4n) is 3.27. The summed E-state index contributed by atoms with van der Waals surface area (Å²) in [6, 6.07) is 15.5. The van der Waals surface area contributed by atoms with Crippen molar-refractivity contribution >= 4 is 5.91 Å². The van der Waals surface area contributed by atoms with E-state index in [-0.39, 0.29) is 5.91 Å². The quantitative estimate of drug-likeness (QED) is 0.641. The molecular formula is C22H22F2N2O. The zero-order chi connectivity index (χ0) is 19.6. The van der Waals surface area contributed by atoms with Crippen LogP contribution in [0.4, 0.5) is 8.78 Å². The molecule has 0 radical (unpaired) electrons. The van der Waals surface area contributed by atoms with Crippen LogP contribution < -0.4 is 0 Å². The summed E-state index contributed by atoms with van der Waals surface area (Å²) in [7, 11) is 1.76. The predicted octanol–water partition coefficient (Wildman–Crippen LogP) is 4.70. The van der Waals surface area contributed by atoms with Gasteiger partial charge in [-0.15, -0.1) is 0 Å². The van der Waals surface area contributed by atoms with E-state index in [0.717, 1.165) is 22.9 Å². The molecule has 3 nitrogen and oxygen atoms in total. The highest BCUT2D eigenvalue weighted by Crippen LogP contribution is 2.20. The standard InChI is InChI=1S/C22H22F2N2O/c1-15-11-16(2)26(14-18-9-10-19(23)20(24)12-18)21(15)22(27)25(3)13-17-7-5-4-6-8-17/h4-12H,13-14H2,1-3H3. The Morgan fingerprint density at radius 3 is 2.33 bits per heavy atom. The summed E-state index contributed by atoms with van der Waals surface area (Å²) in [5.41, 5.74) is 3.97. The van der Waals surface area contributed by atoms with Gasteiger partial charge >= 0.3 is 0 Å². The molecule has 1 aromatic heterocycles. The molecule has 5 heteroatoms. The third-order valence-corrected chi connectivity index (χ3v) is 4.63. The minimum absolute atomic E-state index is 0.105. The van der Waals surface area contributed by atoms with Crippen molar-refractivity contribution in [1.29, 1.82) is 0 Å². The third-order valence-electron chi connectivity index (χ3n) is 4.63. The van der Waals surface area contributed by atoms with Crippen LogP contribution in [-0.4, -0.2) is 22.4 Å². The molecule has 0 spiro atoms. The Labute approximate surface area is 157 Å². The van der Waals surface area contributed by atoms with Crippen molar-refractivity contribution in [2.24, 2.45) is 0 Å². The van der Waals surface area contributed by atoms with Gasteiger partial charge in [-0.1, -0.05) is 36.4 Å². The summed E-state index contributed by atoms with van der Waals surface area (Å²) >= 11 is 0. The highest BCUT2D eigenvalue weighted by atomic mass is 19.2. The second kappa shape index (κ2) is 7.74. The fraction of sp³-hybridized carbons (Fsp3) is 0.227. The van der Waals surface area contributed by atoms with Crippen LogP contribution in [0.1, 0.15) is 32.9 Å². The number of benzene rings is 2. The minimum Gasteiger partial charge on any atom is -0.336 e. The van der Waals surface area contributed by atoms with Crippen LogP contribution in [0.5, 0.6) is 0 Å². The lowest BCUT2D eigenvalue weighted by Crippen LogP contribution is -2.29. The van der Waals surface area contributed by atoms with Crippen LogP contribution in [0.15, 0.2) is 54.6 Å². The normalized spacial score (nSPS) is 10.9. The zero-order valence-corrected chi connectivity index (χ0v) is 15.7. The van der Waals surface area contributed by atoms with E-state index < -0.39 is 11.6 Å². The summed E-state index contributed by atoms with van der Waals surface area (Å²) in [6.45, 7) is 4.59. The Bertz CT molecular complexity index is 964. The first-order valence-electron chi connectivity index (χ1n) is 8.77. The van der Waals surface area contributed by atoms with E-state index >= 15 is 0 Å². The van der Waals surface area contributed by atoms with Crippen LogP contribution in [0.3, 0.4) is 0 Å². The van der Waals surface area contributed by atoms with Crippen molar-refractivity contribution < 1.29 is 13.6 Å². The number of aryl methyl sites for hydroxylation is 2. The van der Waals surface area contributed by atoms with E-state index in [4.69, 9.17) is 0 Å². The van der Waals surface area contributed by atoms with Crippen LogP contribution in [0.25, 0.3) is 0 Å². The average molecular weight is 368 g/mol. The van der Waals surface area contributed by atoms with Crippen LogP contribution in [-0.2, 0) is 13.1 Å². The molecule has 140 valence electrons. The van der Waals surface area contributed by atoms with E-state index in [2.05, 4.69) is 0 Å². The Hall–Kier alpha value is -2.95. The van der Waals surface area contributed by atoms with Crippen molar-refractivity contribution in [1.82, 2.24) is 9.47 Å². The summed E-state index contributed by atoms with van der Waals surface area (Å²) in [6.07, 6.45) is 0. The van der Waals surface area contributed by atoms with Gasteiger partial charge in [-0.05, 0) is 48.7 Å². The largest absolute Gasteiger partial charge is 0.336 e. The molecule has 1 heterocycles. The van der Waals surface area contributed by atoms with Crippen molar-refractivity contribution in [2.45, 2.75) is 26.9 Å². The number of hydrogen-bond acceptors (Lipinski definition) is 1. The van der Waals surface area contributed by atoms with Gasteiger partial charge in [0.25, 0.3) is 5.91 Å². The topological polar surface area (TPSA) is 25.2 Å². The molecule has 1 amide bonds. The maximum atomic E-state index is 13.6. The average Bonchev–Trinajstić information content (AvgIpc) is 2.91. The van der Waals surface area contributed by atoms with E-state index in [1.807, 2.05) is 54.8 Å². The first-order valence-corrected chi connectivity index (χ1v) is 8.77. The number of amides is 1. The minimum atomic E-state index is -0.886. The molecule has 3 rings (SSSR count). The molecule has 3 aromatic rings. The second-order valence-electron chi connectivity index (χ2n) is 6.80. The summed E-state index contributed by atoms with van der Waals surface area (Å²) in [4.78, 5) is 14.8. The number of hydrogen-bond donors (Lipinski definition) is 0. The van der Waals surface area contributed by atoms with Gasteiger partial charge in [0.05, 0.1) is 0 Å². The molecule has 0 aliphatic rings. The third kappa shape index (κ3) is 4.08. The van der Waals surface area contributed by atoms with Crippen molar-refractivity contribution in [3.8, 4) is 0 Å². The molecule has 0 N–H and O–H groups in total. The number of halogens is 2. The lowest BCUT2D eigenvalue weighted by atomic mass is 10.2. The van der Waals surface area contributed by atoms with Crippen molar-refractivity contribution in [3.05, 3.63) is 94.3 Å². The summed E-state index contributed by atoms with van der Waals surface area (Å²) in [5, 5.41) is 0. The maximum Gasteiger partial charge on any atom is 0.270 e. The van der Waals surface area contributed by atoms with Gasteiger partial charge < -0.3 is 9.47 Å². The molecule has 0 unspecified atom stereocenters. The van der Waals surface area contributed by atoms with Gasteiger partial charge in [-0.2, -0.15) is 0 Å². The van der Waals surface area contributed by atoms with Crippen LogP contribution in [0.2, 0.25) is 0 Å². The van der Waals surface area contributed by atoms with Gasteiger partial charge in [0.15, 0.2) is 11.6 Å². The predicted molar refractivity (Wildman–Crippen MR) is 102 cm³/mol. The van der Waals surface area contributed by atoms with Crippen molar-refractivity contribution in [2.75, 3.05) is 7.05 Å². The van der Waals surface area contributed by atoms with E-state index in [1.54, 1.807) is 11.9 Å². The monoisotopic (exact) mass is 368 g/mol. The molecule has 2 aromatic carbocycles. The molecule has 0 saturated heterocycles. The first kappa shape index (κ1) is 18.8. The van der Waals surface area contributed by atoms with Crippen molar-refractivity contribution in [3.63, 3.8) is 0 Å². The Morgan fingerprint density at radius 1 is 0.963 bits per heavy atom. The molecule has 0 aliphatic heterocycles. The molecule has 27 heavy (non-hydrogen) atoms. The lowest BCUT2D eigenvalue weighted by Gasteiger charge is -2.20. The molecule has 0 fully saturated rings. The van der Waals surface area contributed by atoms with E-state index in [9.17, 15) is 13.6 Å². The summed E-state index contributed by atoms with van der Waals surface area (Å²) < 4.78 is 28.6. The Kier molecular flexibility index (Phi) is 5.40. The first-order chi connectivity index (χ1) is 12.9. The Balaban J connectivity index is 1.88. The molecular weight excluding hydrogens is 346 g/mol. The molecule has 0 aliphatic carbocycles. The summed E-state index contributed by atoms with van der Waals surface area (Å²) in [5.74, 6) is -1.87. The highest BCUT2D eigenvalue weighted by molar-refractivity contribution is 5.94. The number of rotatable bonds is 5. The maximum absolute atomic E-state index is 13.6. The Morgan fingerprint density at radius 2 is 1.67 bits per heavy atom. The van der Waals surface area contributed by atoms with Crippen LogP contribution >= 0.6 is 0 Å². The molecule has 0 bridgehead atoms. The second-order valence-corrected chi connectivity index (χ2v) is 6.80. The van der Waals surface area contributed by atoms with Gasteiger partial charge in [0.2, 0.25) is 0 Å². The lowest BCUT2D eigenvalue weighted by molar-refractivity contribution is 0.0774. The molecule has 0 atom stereocenters. The number of carbonyl (C=O) groups is 1. The smallest absolute Gasteiger partial charge is 0.270 e. The number of carbonyl (C=O) groups excluding carboxylic acids is 1. The number of aromatic nitrogens is 1. The fourth-order valence-corrected chi connectivity index (χ4v) is 3.27. The SMILES string of the molecule is Cc1cc(C)n(Cc2ccc(F)c(F)c2)c1C(=O)N(C)Cc1ccccc1. The van der Waals surface area contributed by atoms with Gasteiger partial charge in [-0.25, -0.2) is 8.78 Å². The van der Waals surface area contributed by atoms with E-state index in [1.165, 1.54) is 12.1 Å². The van der Waals surface area contributed by atoms with Crippen LogP contribution in [0, 0.1) is 25.5 Å². The van der Waals surface area contributed by atoms with E-state index in [0.29, 0.717) is 24.3 Å².